The summed E-state index contributed by atoms with van der Waals surface area (Å²) in [6, 6.07) is 8.56. The molecule has 0 unspecified atom stereocenters. The summed E-state index contributed by atoms with van der Waals surface area (Å²) in [5.41, 5.74) is 0.999. The Morgan fingerprint density at radius 2 is 1.79 bits per heavy atom. The molecule has 2 aromatic rings. The molecular weight excluding hydrogens is 243 g/mol. The molecule has 0 saturated heterocycles. The molecule has 0 radical (unpaired) electrons. The minimum Gasteiger partial charge on any atom is -0.368 e. The fourth-order valence-corrected chi connectivity index (χ4v) is 1.62. The molecule has 1 heterocycles. The van der Waals surface area contributed by atoms with Crippen molar-refractivity contribution in [2.75, 3.05) is 10.6 Å². The maximum absolute atomic E-state index is 12.8. The Balaban J connectivity index is 1.97. The van der Waals surface area contributed by atoms with Gasteiger partial charge in [-0.05, 0) is 31.5 Å². The van der Waals surface area contributed by atoms with Gasteiger partial charge in [-0.25, -0.2) is 14.4 Å². The van der Waals surface area contributed by atoms with Crippen LogP contribution in [-0.4, -0.2) is 16.0 Å². The Hall–Kier alpha value is -2.17. The van der Waals surface area contributed by atoms with E-state index in [-0.39, 0.29) is 5.82 Å². The highest BCUT2D eigenvalue weighted by atomic mass is 19.1. The Morgan fingerprint density at radius 1 is 1.11 bits per heavy atom. The quantitative estimate of drug-likeness (QED) is 0.867. The topological polar surface area (TPSA) is 49.8 Å². The monoisotopic (exact) mass is 260 g/mol. The van der Waals surface area contributed by atoms with Gasteiger partial charge in [0.25, 0.3) is 0 Å². The van der Waals surface area contributed by atoms with Crippen LogP contribution < -0.4 is 10.6 Å². The number of hydrogen-bond donors (Lipinski definition) is 2. The van der Waals surface area contributed by atoms with Gasteiger partial charge < -0.3 is 10.6 Å². The Bertz CT molecular complexity index is 525. The molecule has 0 spiro atoms. The molecule has 0 aliphatic rings. The molecule has 2 N–H and O–H groups in total. The zero-order valence-electron chi connectivity index (χ0n) is 11.0. The lowest BCUT2D eigenvalue weighted by Gasteiger charge is -2.10. The maximum atomic E-state index is 12.8. The molecular formula is C14H17FN4. The van der Waals surface area contributed by atoms with Gasteiger partial charge in [0.2, 0.25) is 0 Å². The summed E-state index contributed by atoms with van der Waals surface area (Å²) in [4.78, 5) is 8.28. The second-order valence-corrected chi connectivity index (χ2v) is 4.57. The van der Waals surface area contributed by atoms with Crippen LogP contribution in [0.1, 0.15) is 19.4 Å². The number of halogens is 1. The van der Waals surface area contributed by atoms with Crippen molar-refractivity contribution in [1.82, 2.24) is 9.97 Å². The van der Waals surface area contributed by atoms with Crippen LogP contribution in [-0.2, 0) is 6.54 Å². The van der Waals surface area contributed by atoms with Crippen molar-refractivity contribution in [1.29, 1.82) is 0 Å². The van der Waals surface area contributed by atoms with Gasteiger partial charge in [0.1, 0.15) is 23.8 Å². The second-order valence-electron chi connectivity index (χ2n) is 4.57. The van der Waals surface area contributed by atoms with Crippen LogP contribution in [0, 0.1) is 5.82 Å². The molecule has 0 fully saturated rings. The molecule has 1 aromatic carbocycles. The molecule has 0 aliphatic carbocycles. The van der Waals surface area contributed by atoms with E-state index >= 15 is 0 Å². The van der Waals surface area contributed by atoms with E-state index in [4.69, 9.17) is 0 Å². The summed E-state index contributed by atoms with van der Waals surface area (Å²) in [6.07, 6.45) is 1.51. The summed E-state index contributed by atoms with van der Waals surface area (Å²) in [7, 11) is 0. The first-order valence-electron chi connectivity index (χ1n) is 6.20. The van der Waals surface area contributed by atoms with Crippen LogP contribution in [0.4, 0.5) is 16.0 Å². The van der Waals surface area contributed by atoms with Gasteiger partial charge in [-0.3, -0.25) is 0 Å². The lowest BCUT2D eigenvalue weighted by atomic mass is 10.2. The molecule has 100 valence electrons. The molecule has 0 bridgehead atoms. The summed E-state index contributed by atoms with van der Waals surface area (Å²) >= 11 is 0. The van der Waals surface area contributed by atoms with Gasteiger partial charge in [0.05, 0.1) is 0 Å². The Morgan fingerprint density at radius 3 is 2.47 bits per heavy atom. The lowest BCUT2D eigenvalue weighted by Crippen LogP contribution is -2.11. The number of rotatable bonds is 5. The van der Waals surface area contributed by atoms with Crippen LogP contribution in [0.2, 0.25) is 0 Å². The Labute approximate surface area is 112 Å². The van der Waals surface area contributed by atoms with Gasteiger partial charge >= 0.3 is 0 Å². The third-order valence-electron chi connectivity index (χ3n) is 2.49. The third kappa shape index (κ3) is 4.21. The number of nitrogens with one attached hydrogen (secondary N) is 2. The van der Waals surface area contributed by atoms with E-state index in [0.717, 1.165) is 17.2 Å². The van der Waals surface area contributed by atoms with Crippen molar-refractivity contribution in [3.05, 3.63) is 48.0 Å². The molecule has 1 aromatic heterocycles. The van der Waals surface area contributed by atoms with Gasteiger partial charge in [0, 0.05) is 18.7 Å². The van der Waals surface area contributed by atoms with E-state index in [1.165, 1.54) is 18.5 Å². The first-order valence-corrected chi connectivity index (χ1v) is 6.20. The van der Waals surface area contributed by atoms with E-state index in [1.54, 1.807) is 12.1 Å². The lowest BCUT2D eigenvalue weighted by molar-refractivity contribution is 0.627. The first kappa shape index (κ1) is 13.3. The van der Waals surface area contributed by atoms with Crippen molar-refractivity contribution in [3.8, 4) is 0 Å². The van der Waals surface area contributed by atoms with Gasteiger partial charge in [-0.15, -0.1) is 0 Å². The molecule has 19 heavy (non-hydrogen) atoms. The average Bonchev–Trinajstić information content (AvgIpc) is 2.38. The Kier molecular flexibility index (Phi) is 4.28. The van der Waals surface area contributed by atoms with E-state index in [2.05, 4.69) is 20.6 Å². The van der Waals surface area contributed by atoms with Crippen LogP contribution in [0.3, 0.4) is 0 Å². The molecule has 0 saturated carbocycles. The van der Waals surface area contributed by atoms with Crippen molar-refractivity contribution in [3.63, 3.8) is 0 Å². The molecule has 4 nitrogen and oxygen atoms in total. The third-order valence-corrected chi connectivity index (χ3v) is 2.49. The SMILES string of the molecule is CC(C)Nc1cc(NCc2ccc(F)cc2)ncn1. The minimum absolute atomic E-state index is 0.228. The number of nitrogens with zero attached hydrogens (tertiary/aromatic N) is 2. The predicted octanol–water partition coefficient (Wildman–Crippen LogP) is 3.05. The minimum atomic E-state index is -0.228. The summed E-state index contributed by atoms with van der Waals surface area (Å²) in [5, 5.41) is 6.39. The zero-order valence-corrected chi connectivity index (χ0v) is 11.0. The van der Waals surface area contributed by atoms with Gasteiger partial charge in [0.15, 0.2) is 0 Å². The van der Waals surface area contributed by atoms with Crippen molar-refractivity contribution < 1.29 is 4.39 Å². The second kappa shape index (κ2) is 6.13. The summed E-state index contributed by atoms with van der Waals surface area (Å²) < 4.78 is 12.8. The zero-order chi connectivity index (χ0) is 13.7. The van der Waals surface area contributed by atoms with Crippen LogP contribution in [0.25, 0.3) is 0 Å². The van der Waals surface area contributed by atoms with Gasteiger partial charge in [-0.2, -0.15) is 0 Å². The highest BCUT2D eigenvalue weighted by Crippen LogP contribution is 2.11. The van der Waals surface area contributed by atoms with Crippen molar-refractivity contribution in [2.45, 2.75) is 26.4 Å². The summed E-state index contributed by atoms with van der Waals surface area (Å²) in [5.74, 6) is 1.29. The number of benzene rings is 1. The molecule has 5 heteroatoms. The van der Waals surface area contributed by atoms with Crippen LogP contribution in [0.15, 0.2) is 36.7 Å². The molecule has 0 atom stereocenters. The van der Waals surface area contributed by atoms with Gasteiger partial charge in [-0.1, -0.05) is 12.1 Å². The van der Waals surface area contributed by atoms with Crippen molar-refractivity contribution in [2.24, 2.45) is 0 Å². The van der Waals surface area contributed by atoms with E-state index in [1.807, 2.05) is 19.9 Å². The fraction of sp³-hybridized carbons (Fsp3) is 0.286. The predicted molar refractivity (Wildman–Crippen MR) is 74.5 cm³/mol. The van der Waals surface area contributed by atoms with E-state index < -0.39 is 0 Å². The highest BCUT2D eigenvalue weighted by molar-refractivity contribution is 5.47. The first-order chi connectivity index (χ1) is 9.13. The highest BCUT2D eigenvalue weighted by Gasteiger charge is 2.00. The molecule has 0 amide bonds. The standard InChI is InChI=1S/C14H17FN4/c1-10(2)19-14-7-13(17-9-18-14)16-8-11-3-5-12(15)6-4-11/h3-7,9-10H,8H2,1-2H3,(H2,16,17,18,19). The van der Waals surface area contributed by atoms with E-state index in [9.17, 15) is 4.39 Å². The number of aromatic nitrogens is 2. The van der Waals surface area contributed by atoms with Crippen molar-refractivity contribution >= 4 is 11.6 Å². The maximum Gasteiger partial charge on any atom is 0.131 e. The van der Waals surface area contributed by atoms with Crippen LogP contribution >= 0.6 is 0 Å². The average molecular weight is 260 g/mol. The number of hydrogen-bond acceptors (Lipinski definition) is 4. The fourth-order valence-electron chi connectivity index (χ4n) is 1.62. The molecule has 2 rings (SSSR count). The molecule has 0 aliphatic heterocycles. The largest absolute Gasteiger partial charge is 0.368 e. The van der Waals surface area contributed by atoms with E-state index in [0.29, 0.717) is 12.6 Å². The van der Waals surface area contributed by atoms with Crippen LogP contribution in [0.5, 0.6) is 0 Å². The summed E-state index contributed by atoms with van der Waals surface area (Å²) in [6.45, 7) is 4.69. The number of anilines is 2. The smallest absolute Gasteiger partial charge is 0.131 e. The normalized spacial score (nSPS) is 10.5.